The Kier molecular flexibility index (Phi) is 3.65. The Morgan fingerprint density at radius 1 is 1.57 bits per heavy atom. The Bertz CT molecular complexity index is 262. The number of carbonyl (C=O) groups is 1. The molecule has 0 bridgehead atoms. The lowest BCUT2D eigenvalue weighted by molar-refractivity contribution is -0.146. The van der Waals surface area contributed by atoms with Crippen LogP contribution in [-0.4, -0.2) is 45.0 Å². The quantitative estimate of drug-likeness (QED) is 0.593. The molecule has 0 radical (unpaired) electrons. The summed E-state index contributed by atoms with van der Waals surface area (Å²) in [6.07, 6.45) is -2.12. The lowest BCUT2D eigenvalue weighted by Crippen LogP contribution is -2.30. The molecule has 0 fully saturated rings. The summed E-state index contributed by atoms with van der Waals surface area (Å²) >= 11 is 1.45. The van der Waals surface area contributed by atoms with Gasteiger partial charge in [0.15, 0.2) is 11.9 Å². The molecule has 14 heavy (non-hydrogen) atoms. The molecule has 0 aromatic rings. The molecule has 1 rings (SSSR count). The van der Waals surface area contributed by atoms with Crippen molar-refractivity contribution in [3.8, 4) is 0 Å². The molecule has 3 N–H and O–H groups in total. The van der Waals surface area contributed by atoms with E-state index in [9.17, 15) is 15.0 Å². The van der Waals surface area contributed by atoms with Gasteiger partial charge < -0.3 is 20.1 Å². The van der Waals surface area contributed by atoms with Gasteiger partial charge in [0.1, 0.15) is 6.10 Å². The first-order valence-corrected chi connectivity index (χ1v) is 5.32. The Morgan fingerprint density at radius 2 is 2.21 bits per heavy atom. The van der Waals surface area contributed by atoms with Gasteiger partial charge in [0, 0.05) is 5.75 Å². The van der Waals surface area contributed by atoms with Gasteiger partial charge in [-0.2, -0.15) is 11.8 Å². The molecule has 0 amide bonds. The number of rotatable bonds is 4. The van der Waals surface area contributed by atoms with Gasteiger partial charge in [0.05, 0.1) is 0 Å². The van der Waals surface area contributed by atoms with Crippen LogP contribution in [0.4, 0.5) is 0 Å². The van der Waals surface area contributed by atoms with Crippen LogP contribution >= 0.6 is 11.8 Å². The largest absolute Gasteiger partial charge is 0.505 e. The Morgan fingerprint density at radius 3 is 2.64 bits per heavy atom. The van der Waals surface area contributed by atoms with E-state index in [0.29, 0.717) is 5.75 Å². The van der Waals surface area contributed by atoms with E-state index in [1.54, 1.807) is 0 Å². The molecule has 0 saturated heterocycles. The highest BCUT2D eigenvalue weighted by Crippen LogP contribution is 2.22. The van der Waals surface area contributed by atoms with Crippen LogP contribution in [-0.2, 0) is 9.53 Å². The number of carbonyl (C=O) groups excluding carboxylic acids is 1. The van der Waals surface area contributed by atoms with Gasteiger partial charge in [0.2, 0.25) is 5.76 Å². The van der Waals surface area contributed by atoms with Crippen molar-refractivity contribution < 1.29 is 24.9 Å². The molecule has 80 valence electrons. The van der Waals surface area contributed by atoms with E-state index in [0.717, 1.165) is 5.75 Å². The van der Waals surface area contributed by atoms with Gasteiger partial charge in [0.25, 0.3) is 0 Å². The van der Waals surface area contributed by atoms with Crippen LogP contribution in [0.5, 0.6) is 0 Å². The van der Waals surface area contributed by atoms with E-state index in [4.69, 9.17) is 5.11 Å². The highest BCUT2D eigenvalue weighted by molar-refractivity contribution is 7.99. The van der Waals surface area contributed by atoms with Gasteiger partial charge in [-0.15, -0.1) is 0 Å². The summed E-state index contributed by atoms with van der Waals surface area (Å²) in [5.74, 6) is -1.23. The standard InChI is InChI=1S/C8H12O5S/c1-2-14-3-4(9)7-5(10)6(11)8(12)13-7/h4,7,9-11H,2-3H2,1H3. The zero-order chi connectivity index (χ0) is 10.7. The maximum absolute atomic E-state index is 10.8. The molecule has 0 aromatic carbocycles. The average Bonchev–Trinajstić information content (AvgIpc) is 2.42. The van der Waals surface area contributed by atoms with E-state index < -0.39 is 29.7 Å². The predicted molar refractivity (Wildman–Crippen MR) is 51.2 cm³/mol. The van der Waals surface area contributed by atoms with Gasteiger partial charge in [-0.3, -0.25) is 0 Å². The van der Waals surface area contributed by atoms with Gasteiger partial charge in [-0.05, 0) is 5.75 Å². The number of cyclic esters (lactones) is 1. The highest BCUT2D eigenvalue weighted by Gasteiger charge is 2.38. The van der Waals surface area contributed by atoms with Crippen molar-refractivity contribution >= 4 is 17.7 Å². The number of aliphatic hydroxyl groups excluding tert-OH is 3. The fourth-order valence-electron chi connectivity index (χ4n) is 1.05. The van der Waals surface area contributed by atoms with Crippen LogP contribution in [0.1, 0.15) is 6.92 Å². The summed E-state index contributed by atoms with van der Waals surface area (Å²) in [4.78, 5) is 10.8. The van der Waals surface area contributed by atoms with Crippen molar-refractivity contribution in [2.24, 2.45) is 0 Å². The monoisotopic (exact) mass is 220 g/mol. The van der Waals surface area contributed by atoms with Crippen molar-refractivity contribution in [1.82, 2.24) is 0 Å². The zero-order valence-electron chi connectivity index (χ0n) is 7.64. The first-order valence-electron chi connectivity index (χ1n) is 4.16. The molecule has 2 atom stereocenters. The van der Waals surface area contributed by atoms with Gasteiger partial charge in [-0.25, -0.2) is 4.79 Å². The summed E-state index contributed by atoms with van der Waals surface area (Å²) in [7, 11) is 0. The first-order chi connectivity index (χ1) is 6.57. The lowest BCUT2D eigenvalue weighted by atomic mass is 10.2. The van der Waals surface area contributed by atoms with E-state index in [-0.39, 0.29) is 0 Å². The Balaban J connectivity index is 2.59. The maximum atomic E-state index is 10.8. The lowest BCUT2D eigenvalue weighted by Gasteiger charge is -2.16. The first kappa shape index (κ1) is 11.2. The fourth-order valence-corrected chi connectivity index (χ4v) is 1.71. The molecule has 1 aliphatic heterocycles. The number of thioether (sulfide) groups is 1. The third-order valence-corrected chi connectivity index (χ3v) is 2.77. The highest BCUT2D eigenvalue weighted by atomic mass is 32.2. The molecule has 0 aliphatic carbocycles. The topological polar surface area (TPSA) is 87.0 Å². The summed E-state index contributed by atoms with van der Waals surface area (Å²) in [6, 6.07) is 0. The van der Waals surface area contributed by atoms with Crippen LogP contribution in [0, 0.1) is 0 Å². The molecule has 0 spiro atoms. The third kappa shape index (κ3) is 2.13. The summed E-state index contributed by atoms with van der Waals surface area (Å²) in [5.41, 5.74) is 0. The smallest absolute Gasteiger partial charge is 0.377 e. The zero-order valence-corrected chi connectivity index (χ0v) is 8.45. The number of aliphatic hydroxyl groups is 3. The molecule has 1 heterocycles. The number of ether oxygens (including phenoxy) is 1. The third-order valence-electron chi connectivity index (χ3n) is 1.78. The predicted octanol–water partition coefficient (Wildman–Crippen LogP) is 0.353. The van der Waals surface area contributed by atoms with Gasteiger partial charge in [-0.1, -0.05) is 6.92 Å². The second-order valence-electron chi connectivity index (χ2n) is 2.79. The minimum atomic E-state index is -1.12. The van der Waals surface area contributed by atoms with Crippen molar-refractivity contribution in [3.05, 3.63) is 11.5 Å². The molecule has 5 nitrogen and oxygen atoms in total. The minimum absolute atomic E-state index is 0.339. The molecule has 1 aliphatic rings. The van der Waals surface area contributed by atoms with Crippen molar-refractivity contribution in [1.29, 1.82) is 0 Å². The normalized spacial score (nSPS) is 23.9. The van der Waals surface area contributed by atoms with Crippen LogP contribution in [0.15, 0.2) is 11.5 Å². The van der Waals surface area contributed by atoms with E-state index >= 15 is 0 Å². The van der Waals surface area contributed by atoms with Crippen LogP contribution in [0.25, 0.3) is 0 Å². The summed E-state index contributed by atoms with van der Waals surface area (Å²) in [6.45, 7) is 1.92. The number of hydrogen-bond acceptors (Lipinski definition) is 6. The maximum Gasteiger partial charge on any atom is 0.377 e. The summed E-state index contributed by atoms with van der Waals surface area (Å²) < 4.78 is 4.57. The van der Waals surface area contributed by atoms with Crippen molar-refractivity contribution in [3.63, 3.8) is 0 Å². The average molecular weight is 220 g/mol. The van der Waals surface area contributed by atoms with E-state index in [1.165, 1.54) is 11.8 Å². The molecule has 0 aromatic heterocycles. The van der Waals surface area contributed by atoms with Crippen LogP contribution in [0.2, 0.25) is 0 Å². The second-order valence-corrected chi connectivity index (χ2v) is 4.11. The van der Waals surface area contributed by atoms with E-state index in [2.05, 4.69) is 4.74 Å². The Hall–Kier alpha value is -0.880. The fraction of sp³-hybridized carbons (Fsp3) is 0.625. The van der Waals surface area contributed by atoms with E-state index in [1.807, 2.05) is 6.92 Å². The molecular weight excluding hydrogens is 208 g/mol. The molecule has 0 saturated carbocycles. The Labute approximate surface area is 85.4 Å². The SMILES string of the molecule is CCSCC(O)C1OC(=O)C(O)=C1O. The van der Waals surface area contributed by atoms with Crippen LogP contribution < -0.4 is 0 Å². The van der Waals surface area contributed by atoms with Gasteiger partial charge >= 0.3 is 5.97 Å². The number of esters is 1. The number of hydrogen-bond donors (Lipinski definition) is 3. The minimum Gasteiger partial charge on any atom is -0.505 e. The van der Waals surface area contributed by atoms with Crippen molar-refractivity contribution in [2.75, 3.05) is 11.5 Å². The molecule has 6 heteroatoms. The molecular formula is C8H12O5S. The summed E-state index contributed by atoms with van der Waals surface area (Å²) in [5, 5.41) is 27.6. The second kappa shape index (κ2) is 4.56. The van der Waals surface area contributed by atoms with Crippen molar-refractivity contribution in [2.45, 2.75) is 19.1 Å². The molecule has 2 unspecified atom stereocenters. The van der Waals surface area contributed by atoms with Crippen LogP contribution in [0.3, 0.4) is 0 Å².